The highest BCUT2D eigenvalue weighted by Crippen LogP contribution is 2.20. The minimum Gasteiger partial charge on any atom is -0.379 e. The molecule has 0 saturated carbocycles. The van der Waals surface area contributed by atoms with Crippen LogP contribution in [0.3, 0.4) is 0 Å². The van der Waals surface area contributed by atoms with Crippen LogP contribution in [0.2, 0.25) is 0 Å². The molecule has 0 bridgehead atoms. The van der Waals surface area contributed by atoms with E-state index in [9.17, 15) is 0 Å². The highest BCUT2D eigenvalue weighted by Gasteiger charge is 2.19. The van der Waals surface area contributed by atoms with Gasteiger partial charge in [-0.3, -0.25) is 4.98 Å². The molecule has 0 aromatic carbocycles. The molecule has 2 unspecified atom stereocenters. The van der Waals surface area contributed by atoms with Gasteiger partial charge in [0.1, 0.15) is 0 Å². The standard InChI is InChI=1S/C12H20N2O/c1-5-11(15-4)12(13-3)10-6-9(2)7-14-8-10/h6-8,11-13H,5H2,1-4H3. The highest BCUT2D eigenvalue weighted by atomic mass is 16.5. The largest absolute Gasteiger partial charge is 0.379 e. The van der Waals surface area contributed by atoms with Crippen LogP contribution in [0, 0.1) is 6.92 Å². The molecule has 0 aliphatic carbocycles. The molecule has 0 aliphatic rings. The van der Waals surface area contributed by atoms with Crippen LogP contribution in [0.1, 0.15) is 30.5 Å². The van der Waals surface area contributed by atoms with Crippen LogP contribution >= 0.6 is 0 Å². The van der Waals surface area contributed by atoms with E-state index in [4.69, 9.17) is 4.74 Å². The van der Waals surface area contributed by atoms with Crippen molar-refractivity contribution in [2.45, 2.75) is 32.4 Å². The zero-order valence-corrected chi connectivity index (χ0v) is 9.95. The van der Waals surface area contributed by atoms with Crippen molar-refractivity contribution < 1.29 is 4.74 Å². The van der Waals surface area contributed by atoms with Gasteiger partial charge in [0.15, 0.2) is 0 Å². The van der Waals surface area contributed by atoms with Crippen LogP contribution in [0.25, 0.3) is 0 Å². The summed E-state index contributed by atoms with van der Waals surface area (Å²) < 4.78 is 5.46. The summed E-state index contributed by atoms with van der Waals surface area (Å²) in [5, 5.41) is 3.28. The van der Waals surface area contributed by atoms with E-state index in [0.717, 1.165) is 6.42 Å². The lowest BCUT2D eigenvalue weighted by Crippen LogP contribution is -2.30. The maximum Gasteiger partial charge on any atom is 0.0763 e. The summed E-state index contributed by atoms with van der Waals surface area (Å²) in [6.07, 6.45) is 4.94. The topological polar surface area (TPSA) is 34.1 Å². The molecule has 0 fully saturated rings. The first-order valence-corrected chi connectivity index (χ1v) is 5.34. The molecule has 0 aliphatic heterocycles. The third-order valence-electron chi connectivity index (χ3n) is 2.64. The smallest absolute Gasteiger partial charge is 0.0763 e. The lowest BCUT2D eigenvalue weighted by atomic mass is 10.0. The second-order valence-corrected chi connectivity index (χ2v) is 3.74. The van der Waals surface area contributed by atoms with Crippen molar-refractivity contribution in [3.63, 3.8) is 0 Å². The van der Waals surface area contributed by atoms with Gasteiger partial charge in [0, 0.05) is 19.5 Å². The van der Waals surface area contributed by atoms with Gasteiger partial charge < -0.3 is 10.1 Å². The van der Waals surface area contributed by atoms with Crippen molar-refractivity contribution in [3.8, 4) is 0 Å². The van der Waals surface area contributed by atoms with E-state index in [-0.39, 0.29) is 12.1 Å². The number of pyridine rings is 1. The first kappa shape index (κ1) is 12.1. The number of ether oxygens (including phenoxy) is 1. The van der Waals surface area contributed by atoms with E-state index in [1.54, 1.807) is 7.11 Å². The van der Waals surface area contributed by atoms with Gasteiger partial charge in [-0.15, -0.1) is 0 Å². The van der Waals surface area contributed by atoms with Crippen molar-refractivity contribution in [2.24, 2.45) is 0 Å². The second kappa shape index (κ2) is 5.83. The average molecular weight is 208 g/mol. The zero-order valence-electron chi connectivity index (χ0n) is 9.95. The monoisotopic (exact) mass is 208 g/mol. The summed E-state index contributed by atoms with van der Waals surface area (Å²) in [6, 6.07) is 2.36. The molecule has 0 radical (unpaired) electrons. The SMILES string of the molecule is CCC(OC)C(NC)c1cncc(C)c1. The van der Waals surface area contributed by atoms with Crippen LogP contribution in [0.15, 0.2) is 18.5 Å². The fourth-order valence-electron chi connectivity index (χ4n) is 1.85. The molecule has 1 rings (SSSR count). The van der Waals surface area contributed by atoms with E-state index in [0.29, 0.717) is 0 Å². The van der Waals surface area contributed by atoms with Gasteiger partial charge in [0.25, 0.3) is 0 Å². The van der Waals surface area contributed by atoms with Gasteiger partial charge in [-0.25, -0.2) is 0 Å². The Hall–Kier alpha value is -0.930. The normalized spacial score (nSPS) is 14.9. The van der Waals surface area contributed by atoms with Crippen LogP contribution < -0.4 is 5.32 Å². The number of aromatic nitrogens is 1. The third kappa shape index (κ3) is 3.01. The van der Waals surface area contributed by atoms with Gasteiger partial charge >= 0.3 is 0 Å². The molecule has 0 amide bonds. The molecule has 1 heterocycles. The molecule has 3 heteroatoms. The molecule has 1 aromatic rings. The van der Waals surface area contributed by atoms with Crippen LogP contribution in [-0.2, 0) is 4.74 Å². The fourth-order valence-corrected chi connectivity index (χ4v) is 1.85. The van der Waals surface area contributed by atoms with E-state index in [1.807, 2.05) is 19.4 Å². The van der Waals surface area contributed by atoms with Crippen molar-refractivity contribution >= 4 is 0 Å². The van der Waals surface area contributed by atoms with Crippen molar-refractivity contribution in [2.75, 3.05) is 14.2 Å². The summed E-state index contributed by atoms with van der Waals surface area (Å²) in [6.45, 7) is 4.18. The Labute approximate surface area is 91.9 Å². The molecule has 1 aromatic heterocycles. The van der Waals surface area contributed by atoms with Gasteiger partial charge in [0.2, 0.25) is 0 Å². The van der Waals surface area contributed by atoms with Gasteiger partial charge in [-0.05, 0) is 31.5 Å². The second-order valence-electron chi connectivity index (χ2n) is 3.74. The van der Waals surface area contributed by atoms with Gasteiger partial charge in [-0.2, -0.15) is 0 Å². The quantitative estimate of drug-likeness (QED) is 0.804. The Morgan fingerprint density at radius 3 is 2.67 bits per heavy atom. The first-order chi connectivity index (χ1) is 7.22. The predicted octanol–water partition coefficient (Wildman–Crippen LogP) is 2.08. The fraction of sp³-hybridized carbons (Fsp3) is 0.583. The Morgan fingerprint density at radius 2 is 2.20 bits per heavy atom. The highest BCUT2D eigenvalue weighted by molar-refractivity contribution is 5.21. The molecule has 2 atom stereocenters. The minimum atomic E-state index is 0.193. The Morgan fingerprint density at radius 1 is 1.47 bits per heavy atom. The number of aryl methyl sites for hydroxylation is 1. The average Bonchev–Trinajstić information content (AvgIpc) is 2.25. The Kier molecular flexibility index (Phi) is 4.72. The van der Waals surface area contributed by atoms with Crippen LogP contribution in [0.4, 0.5) is 0 Å². The zero-order chi connectivity index (χ0) is 11.3. The molecular formula is C12H20N2O. The number of likely N-dealkylation sites (N-methyl/N-ethyl adjacent to an activating group) is 1. The van der Waals surface area contributed by atoms with Crippen LogP contribution in [-0.4, -0.2) is 25.2 Å². The van der Waals surface area contributed by atoms with E-state index in [2.05, 4.69) is 30.2 Å². The first-order valence-electron chi connectivity index (χ1n) is 5.34. The summed E-state index contributed by atoms with van der Waals surface area (Å²) in [5.41, 5.74) is 2.37. The van der Waals surface area contributed by atoms with Crippen molar-refractivity contribution in [3.05, 3.63) is 29.6 Å². The molecule has 3 nitrogen and oxygen atoms in total. The lowest BCUT2D eigenvalue weighted by Gasteiger charge is -2.25. The molecule has 1 N–H and O–H groups in total. The summed E-state index contributed by atoms with van der Waals surface area (Å²) in [7, 11) is 3.70. The van der Waals surface area contributed by atoms with E-state index < -0.39 is 0 Å². The summed E-state index contributed by atoms with van der Waals surface area (Å²) in [5.74, 6) is 0. The molecule has 15 heavy (non-hydrogen) atoms. The molecule has 84 valence electrons. The van der Waals surface area contributed by atoms with Gasteiger partial charge in [0.05, 0.1) is 12.1 Å². The number of nitrogens with one attached hydrogen (secondary N) is 1. The van der Waals surface area contributed by atoms with E-state index >= 15 is 0 Å². The number of nitrogens with zero attached hydrogens (tertiary/aromatic N) is 1. The minimum absolute atomic E-state index is 0.193. The maximum absolute atomic E-state index is 5.46. The molecule has 0 saturated heterocycles. The number of hydrogen-bond acceptors (Lipinski definition) is 3. The summed E-state index contributed by atoms with van der Waals surface area (Å²) in [4.78, 5) is 4.21. The van der Waals surface area contributed by atoms with E-state index in [1.165, 1.54) is 11.1 Å². The Balaban J connectivity index is 2.90. The van der Waals surface area contributed by atoms with Gasteiger partial charge in [-0.1, -0.05) is 13.0 Å². The summed E-state index contributed by atoms with van der Waals surface area (Å²) >= 11 is 0. The molecule has 0 spiro atoms. The predicted molar refractivity (Wildman–Crippen MR) is 61.9 cm³/mol. The molecular weight excluding hydrogens is 188 g/mol. The number of hydrogen-bond donors (Lipinski definition) is 1. The third-order valence-corrected chi connectivity index (χ3v) is 2.64. The number of rotatable bonds is 5. The van der Waals surface area contributed by atoms with Crippen molar-refractivity contribution in [1.29, 1.82) is 0 Å². The van der Waals surface area contributed by atoms with Crippen LogP contribution in [0.5, 0.6) is 0 Å². The lowest BCUT2D eigenvalue weighted by molar-refractivity contribution is 0.0674. The maximum atomic E-state index is 5.46. The number of methoxy groups -OCH3 is 1. The van der Waals surface area contributed by atoms with Crippen molar-refractivity contribution in [1.82, 2.24) is 10.3 Å². The Bertz CT molecular complexity index is 297.